The highest BCUT2D eigenvalue weighted by atomic mass is 32.2. The van der Waals surface area contributed by atoms with Crippen LogP contribution in [0.3, 0.4) is 0 Å². The van der Waals surface area contributed by atoms with Gasteiger partial charge in [-0.25, -0.2) is 13.4 Å². The molecule has 5 rings (SSSR count). The molecule has 3 aromatic carbocycles. The van der Waals surface area contributed by atoms with Crippen LogP contribution in [0.2, 0.25) is 0 Å². The number of nitrogens with one attached hydrogen (secondary N) is 1. The first-order chi connectivity index (χ1) is 18.8. The number of ether oxygens (including phenoxy) is 2. The predicted molar refractivity (Wildman–Crippen MR) is 146 cm³/mol. The number of anilines is 1. The van der Waals surface area contributed by atoms with Crippen molar-refractivity contribution in [2.75, 3.05) is 23.9 Å². The van der Waals surface area contributed by atoms with Crippen molar-refractivity contribution >= 4 is 21.8 Å². The van der Waals surface area contributed by atoms with Crippen LogP contribution in [0, 0.1) is 5.82 Å². The van der Waals surface area contributed by atoms with E-state index in [9.17, 15) is 13.2 Å². The van der Waals surface area contributed by atoms with E-state index in [2.05, 4.69) is 4.90 Å². The molecule has 0 radical (unpaired) electrons. The Kier molecular flexibility index (Phi) is 8.15. The Labute approximate surface area is 228 Å². The summed E-state index contributed by atoms with van der Waals surface area (Å²) in [6.45, 7) is 3.96. The van der Waals surface area contributed by atoms with Crippen LogP contribution in [0.5, 0.6) is 5.75 Å². The number of hydrogen-bond donors (Lipinski definition) is 1. The molecule has 206 valence electrons. The molecule has 0 bridgehead atoms. The molecule has 1 saturated heterocycles. The maximum absolute atomic E-state index is 16.2. The quantitative estimate of drug-likeness (QED) is 0.409. The minimum Gasteiger partial charge on any atom is -0.487 e. The lowest BCUT2D eigenvalue weighted by molar-refractivity contribution is -0.117. The fraction of sp³-hybridized carbons (Fsp3) is 0.345. The number of rotatable bonds is 10. The monoisotopic (exact) mass is 553 g/mol. The second-order valence-corrected chi connectivity index (χ2v) is 11.5. The summed E-state index contributed by atoms with van der Waals surface area (Å²) in [5, 5.41) is 0. The number of halogens is 1. The van der Waals surface area contributed by atoms with E-state index in [1.54, 1.807) is 6.07 Å². The lowest BCUT2D eigenvalue weighted by Crippen LogP contribution is -2.35. The minimum atomic E-state index is -4.22. The van der Waals surface area contributed by atoms with E-state index < -0.39 is 28.5 Å². The SMILES string of the molecule is CC(CCN1CCc2cc(OCc3ccccc3)c(N3CC(=O)NS3(=O)=O)c(F)c2C1)OCc1ccccc1. The maximum Gasteiger partial charge on any atom is 0.326 e. The zero-order chi connectivity index (χ0) is 27.4. The highest BCUT2D eigenvalue weighted by molar-refractivity contribution is 7.92. The summed E-state index contributed by atoms with van der Waals surface area (Å²) < 4.78 is 56.2. The molecule has 2 aliphatic heterocycles. The molecule has 1 N–H and O–H groups in total. The van der Waals surface area contributed by atoms with Gasteiger partial charge in [0.05, 0.1) is 12.7 Å². The average molecular weight is 554 g/mol. The van der Waals surface area contributed by atoms with Crippen molar-refractivity contribution in [1.29, 1.82) is 0 Å². The van der Waals surface area contributed by atoms with Crippen molar-refractivity contribution in [3.63, 3.8) is 0 Å². The summed E-state index contributed by atoms with van der Waals surface area (Å²) >= 11 is 0. The fourth-order valence-electron chi connectivity index (χ4n) is 4.86. The third-order valence-corrected chi connectivity index (χ3v) is 8.39. The van der Waals surface area contributed by atoms with Gasteiger partial charge in [-0.1, -0.05) is 60.7 Å². The molecule has 2 aliphatic rings. The van der Waals surface area contributed by atoms with E-state index in [0.717, 1.165) is 34.0 Å². The fourth-order valence-corrected chi connectivity index (χ4v) is 6.02. The van der Waals surface area contributed by atoms with Crippen molar-refractivity contribution in [2.24, 2.45) is 0 Å². The van der Waals surface area contributed by atoms with Crippen LogP contribution in [0.25, 0.3) is 0 Å². The highest BCUT2D eigenvalue weighted by Gasteiger charge is 2.39. The van der Waals surface area contributed by atoms with E-state index in [1.807, 2.05) is 72.3 Å². The largest absolute Gasteiger partial charge is 0.487 e. The second-order valence-electron chi connectivity index (χ2n) is 9.91. The molecule has 3 aromatic rings. The lowest BCUT2D eigenvalue weighted by Gasteiger charge is -2.32. The van der Waals surface area contributed by atoms with Crippen LogP contribution in [0.1, 0.15) is 35.6 Å². The Morgan fingerprint density at radius 3 is 2.31 bits per heavy atom. The van der Waals surface area contributed by atoms with Gasteiger partial charge in [0.1, 0.15) is 24.6 Å². The summed E-state index contributed by atoms with van der Waals surface area (Å²) in [6.07, 6.45) is 1.39. The third-order valence-electron chi connectivity index (χ3n) is 7.01. The highest BCUT2D eigenvalue weighted by Crippen LogP contribution is 2.40. The third kappa shape index (κ3) is 6.41. The molecule has 2 heterocycles. The molecule has 1 atom stereocenters. The van der Waals surface area contributed by atoms with Crippen molar-refractivity contribution in [3.8, 4) is 5.75 Å². The Balaban J connectivity index is 1.33. The van der Waals surface area contributed by atoms with Gasteiger partial charge in [-0.05, 0) is 42.5 Å². The zero-order valence-electron chi connectivity index (χ0n) is 21.8. The number of fused-ring (bicyclic) bond motifs is 1. The Bertz CT molecular complexity index is 1420. The molecule has 1 unspecified atom stereocenters. The van der Waals surface area contributed by atoms with Crippen molar-refractivity contribution < 1.29 is 27.1 Å². The van der Waals surface area contributed by atoms with Gasteiger partial charge in [0, 0.05) is 25.2 Å². The van der Waals surface area contributed by atoms with E-state index >= 15 is 4.39 Å². The topological polar surface area (TPSA) is 88.2 Å². The molecule has 10 heteroatoms. The number of nitrogens with zero attached hydrogens (tertiary/aromatic N) is 2. The van der Waals surface area contributed by atoms with Gasteiger partial charge < -0.3 is 9.47 Å². The number of hydrogen-bond acceptors (Lipinski definition) is 6. The first kappa shape index (κ1) is 27.1. The molecule has 1 fully saturated rings. The maximum atomic E-state index is 16.2. The van der Waals surface area contributed by atoms with E-state index in [1.165, 1.54) is 0 Å². The van der Waals surface area contributed by atoms with Crippen LogP contribution in [0.15, 0.2) is 66.7 Å². The van der Waals surface area contributed by atoms with E-state index in [0.29, 0.717) is 31.7 Å². The van der Waals surface area contributed by atoms with Gasteiger partial charge in [-0.3, -0.25) is 9.69 Å². The van der Waals surface area contributed by atoms with Gasteiger partial charge in [0.2, 0.25) is 0 Å². The van der Waals surface area contributed by atoms with Gasteiger partial charge in [-0.15, -0.1) is 0 Å². The van der Waals surface area contributed by atoms with Crippen LogP contribution in [-0.2, 0) is 45.9 Å². The second kappa shape index (κ2) is 11.7. The number of carbonyl (C=O) groups is 1. The van der Waals surface area contributed by atoms with Crippen LogP contribution >= 0.6 is 0 Å². The predicted octanol–water partition coefficient (Wildman–Crippen LogP) is 3.94. The van der Waals surface area contributed by atoms with Crippen molar-refractivity contribution in [2.45, 2.75) is 45.6 Å². The summed E-state index contributed by atoms with van der Waals surface area (Å²) in [7, 11) is -4.22. The first-order valence-corrected chi connectivity index (χ1v) is 14.5. The number of benzene rings is 3. The van der Waals surface area contributed by atoms with E-state index in [-0.39, 0.29) is 24.1 Å². The normalized spacial score (nSPS) is 17.5. The molecule has 0 aliphatic carbocycles. The molecule has 39 heavy (non-hydrogen) atoms. The number of amides is 1. The average Bonchev–Trinajstić information content (AvgIpc) is 3.21. The minimum absolute atomic E-state index is 0.0209. The molecular weight excluding hydrogens is 521 g/mol. The molecule has 1 amide bonds. The Hall–Kier alpha value is -3.47. The zero-order valence-corrected chi connectivity index (χ0v) is 22.6. The van der Waals surface area contributed by atoms with Crippen LogP contribution in [-0.4, -0.2) is 45.0 Å². The van der Waals surface area contributed by atoms with Crippen molar-refractivity contribution in [3.05, 3.63) is 94.8 Å². The van der Waals surface area contributed by atoms with Crippen LogP contribution < -0.4 is 13.8 Å². The van der Waals surface area contributed by atoms with Crippen molar-refractivity contribution in [1.82, 2.24) is 9.62 Å². The van der Waals surface area contributed by atoms with Crippen LogP contribution in [0.4, 0.5) is 10.1 Å². The molecule has 8 nitrogen and oxygen atoms in total. The molecular formula is C29H32FN3O5S. The van der Waals surface area contributed by atoms with Gasteiger partial charge in [0.25, 0.3) is 5.91 Å². The molecule has 0 saturated carbocycles. The molecule has 0 spiro atoms. The standard InChI is InChI=1S/C29H32FN3O5S/c1-21(37-19-22-8-4-2-5-9-22)12-14-32-15-13-24-16-26(38-20-23-10-6-3-7-11-23)29(28(30)25(24)17-32)33-18-27(34)31-39(33,35)36/h2-11,16,21H,12-15,17-20H2,1H3,(H,31,34). The Morgan fingerprint density at radius 2 is 1.67 bits per heavy atom. The number of carbonyl (C=O) groups excluding carboxylic acids is 1. The Morgan fingerprint density at radius 1 is 1.00 bits per heavy atom. The summed E-state index contributed by atoms with van der Waals surface area (Å²) in [5.74, 6) is -1.28. The summed E-state index contributed by atoms with van der Waals surface area (Å²) in [6, 6.07) is 21.0. The van der Waals surface area contributed by atoms with Gasteiger partial charge in [-0.2, -0.15) is 8.42 Å². The first-order valence-electron chi connectivity index (χ1n) is 13.0. The van der Waals surface area contributed by atoms with Gasteiger partial charge in [0.15, 0.2) is 5.82 Å². The molecule has 0 aromatic heterocycles. The smallest absolute Gasteiger partial charge is 0.326 e. The van der Waals surface area contributed by atoms with Gasteiger partial charge >= 0.3 is 10.2 Å². The summed E-state index contributed by atoms with van der Waals surface area (Å²) in [5.41, 5.74) is 2.94. The lowest BCUT2D eigenvalue weighted by atomic mass is 9.97. The van der Waals surface area contributed by atoms with E-state index in [4.69, 9.17) is 9.47 Å². The summed E-state index contributed by atoms with van der Waals surface area (Å²) in [4.78, 5) is 14.1.